The van der Waals surface area contributed by atoms with Crippen LogP contribution in [-0.2, 0) is 28.6 Å². The van der Waals surface area contributed by atoms with Gasteiger partial charge in [-0.1, -0.05) is 165 Å². The average Bonchev–Trinajstić information content (AvgIpc) is 3.14. The van der Waals surface area contributed by atoms with Crippen LogP contribution in [0.4, 0.5) is 0 Å². The summed E-state index contributed by atoms with van der Waals surface area (Å²) in [6.07, 6.45) is 47.8. The zero-order valence-corrected chi connectivity index (χ0v) is 33.8. The Morgan fingerprint density at radius 1 is 0.423 bits per heavy atom. The summed E-state index contributed by atoms with van der Waals surface area (Å²) in [5, 5.41) is 0. The molecule has 0 fully saturated rings. The Labute approximate surface area is 320 Å². The van der Waals surface area contributed by atoms with Crippen molar-refractivity contribution in [3.05, 3.63) is 60.8 Å². The zero-order chi connectivity index (χ0) is 38.0. The van der Waals surface area contributed by atoms with Crippen LogP contribution in [0, 0.1) is 0 Å². The van der Waals surface area contributed by atoms with Crippen LogP contribution < -0.4 is 0 Å². The van der Waals surface area contributed by atoms with Crippen LogP contribution >= 0.6 is 0 Å². The van der Waals surface area contributed by atoms with Crippen LogP contribution in [0.1, 0.15) is 194 Å². The van der Waals surface area contributed by atoms with Gasteiger partial charge in [-0.25, -0.2) is 0 Å². The lowest BCUT2D eigenvalue weighted by Crippen LogP contribution is -2.30. The van der Waals surface area contributed by atoms with E-state index in [4.69, 9.17) is 14.2 Å². The Morgan fingerprint density at radius 3 is 1.37 bits per heavy atom. The highest BCUT2D eigenvalue weighted by atomic mass is 16.6. The number of carbonyl (C=O) groups is 3. The molecular weight excluding hydrogens is 648 g/mol. The van der Waals surface area contributed by atoms with E-state index >= 15 is 0 Å². The van der Waals surface area contributed by atoms with Crippen molar-refractivity contribution >= 4 is 17.9 Å². The van der Waals surface area contributed by atoms with Crippen LogP contribution in [-0.4, -0.2) is 37.2 Å². The second kappa shape index (κ2) is 40.9. The minimum atomic E-state index is -0.791. The Hall–Kier alpha value is -2.89. The maximum Gasteiger partial charge on any atom is 0.306 e. The quantitative estimate of drug-likeness (QED) is 0.0208. The van der Waals surface area contributed by atoms with Crippen molar-refractivity contribution in [2.24, 2.45) is 0 Å². The second-order valence-corrected chi connectivity index (χ2v) is 13.9. The van der Waals surface area contributed by atoms with Crippen LogP contribution in [0.5, 0.6) is 0 Å². The van der Waals surface area contributed by atoms with Crippen LogP contribution in [0.3, 0.4) is 0 Å². The normalized spacial score (nSPS) is 12.6. The van der Waals surface area contributed by atoms with E-state index < -0.39 is 6.10 Å². The van der Waals surface area contributed by atoms with Crippen molar-refractivity contribution < 1.29 is 28.6 Å². The Bertz CT molecular complexity index is 975. The number of hydrogen-bond donors (Lipinski definition) is 0. The second-order valence-electron chi connectivity index (χ2n) is 13.9. The summed E-state index contributed by atoms with van der Waals surface area (Å²) in [7, 11) is 0. The minimum absolute atomic E-state index is 0.0922. The summed E-state index contributed by atoms with van der Waals surface area (Å²) >= 11 is 0. The van der Waals surface area contributed by atoms with Crippen LogP contribution in [0.25, 0.3) is 0 Å². The molecule has 0 radical (unpaired) electrons. The highest BCUT2D eigenvalue weighted by Crippen LogP contribution is 2.13. The Balaban J connectivity index is 4.44. The predicted octanol–water partition coefficient (Wildman–Crippen LogP) is 13.4. The molecule has 0 aromatic carbocycles. The third-order valence-electron chi connectivity index (χ3n) is 8.78. The molecule has 0 N–H and O–H groups in total. The lowest BCUT2D eigenvalue weighted by Gasteiger charge is -2.18. The van der Waals surface area contributed by atoms with Gasteiger partial charge in [0.15, 0.2) is 6.10 Å². The summed E-state index contributed by atoms with van der Waals surface area (Å²) in [5.74, 6) is -0.954. The number of allylic oxidation sites excluding steroid dienone is 10. The molecule has 1 unspecified atom stereocenters. The van der Waals surface area contributed by atoms with E-state index in [1.54, 1.807) is 0 Å². The number of ether oxygens (including phenoxy) is 3. The predicted molar refractivity (Wildman–Crippen MR) is 219 cm³/mol. The highest BCUT2D eigenvalue weighted by molar-refractivity contribution is 5.71. The molecule has 0 aliphatic heterocycles. The summed E-state index contributed by atoms with van der Waals surface area (Å²) in [4.78, 5) is 37.5. The van der Waals surface area contributed by atoms with Crippen molar-refractivity contribution in [2.75, 3.05) is 13.2 Å². The van der Waals surface area contributed by atoms with Gasteiger partial charge in [0.1, 0.15) is 13.2 Å². The van der Waals surface area contributed by atoms with Crippen molar-refractivity contribution in [1.29, 1.82) is 0 Å². The summed E-state index contributed by atoms with van der Waals surface area (Å²) in [6.45, 7) is 6.38. The molecular formula is C46H78O6. The van der Waals surface area contributed by atoms with E-state index in [0.717, 1.165) is 103 Å². The smallest absolute Gasteiger partial charge is 0.306 e. The first-order chi connectivity index (χ1) is 25.5. The molecule has 0 heterocycles. The van der Waals surface area contributed by atoms with Crippen LogP contribution in [0.15, 0.2) is 60.8 Å². The van der Waals surface area contributed by atoms with Gasteiger partial charge in [-0.2, -0.15) is 0 Å². The number of rotatable bonds is 37. The monoisotopic (exact) mass is 727 g/mol. The van der Waals surface area contributed by atoms with Crippen molar-refractivity contribution in [3.8, 4) is 0 Å². The molecule has 6 nitrogen and oxygen atoms in total. The molecule has 0 rings (SSSR count). The summed E-state index contributed by atoms with van der Waals surface area (Å²) in [5.41, 5.74) is 0. The van der Waals surface area contributed by atoms with E-state index in [0.29, 0.717) is 19.3 Å². The Morgan fingerprint density at radius 2 is 0.827 bits per heavy atom. The maximum absolute atomic E-state index is 12.6. The lowest BCUT2D eigenvalue weighted by molar-refractivity contribution is -0.167. The van der Waals surface area contributed by atoms with E-state index in [1.807, 2.05) is 0 Å². The van der Waals surface area contributed by atoms with E-state index in [9.17, 15) is 14.4 Å². The van der Waals surface area contributed by atoms with E-state index in [2.05, 4.69) is 81.5 Å². The average molecular weight is 727 g/mol. The molecule has 1 atom stereocenters. The summed E-state index contributed by atoms with van der Waals surface area (Å²) < 4.78 is 16.6. The van der Waals surface area contributed by atoms with Gasteiger partial charge < -0.3 is 14.2 Å². The number of carbonyl (C=O) groups excluding carboxylic acids is 3. The number of hydrogen-bond acceptors (Lipinski definition) is 6. The first-order valence-electron chi connectivity index (χ1n) is 21.3. The van der Waals surface area contributed by atoms with Gasteiger partial charge in [-0.15, -0.1) is 0 Å². The molecule has 0 saturated carbocycles. The largest absolute Gasteiger partial charge is 0.462 e. The first-order valence-corrected chi connectivity index (χ1v) is 21.3. The molecule has 0 bridgehead atoms. The third-order valence-corrected chi connectivity index (χ3v) is 8.78. The standard InChI is InChI=1S/C46H78O6/c1-4-7-10-13-16-19-21-22-23-25-27-30-33-36-39-45(48)51-42-43(41-50-44(47)38-35-32-29-26-18-15-12-9-6-3)52-46(49)40-37-34-31-28-24-20-17-14-11-8-5-2/h7,10,14,16-17,19-20,22-24,43H,4-6,8-9,11-13,15,18,21,25-42H2,1-3H3/b10-7-,17-14-,19-16-,23-22-,24-20-. The van der Waals surface area contributed by atoms with Gasteiger partial charge in [-0.05, 0) is 70.6 Å². The molecule has 0 saturated heterocycles. The molecule has 0 aliphatic carbocycles. The van der Waals surface area contributed by atoms with Crippen molar-refractivity contribution in [3.63, 3.8) is 0 Å². The highest BCUT2D eigenvalue weighted by Gasteiger charge is 2.19. The molecule has 0 spiro atoms. The van der Waals surface area contributed by atoms with Gasteiger partial charge >= 0.3 is 17.9 Å². The number of unbranched alkanes of at least 4 members (excludes halogenated alkanes) is 17. The molecule has 0 aromatic heterocycles. The fourth-order valence-corrected chi connectivity index (χ4v) is 5.55. The van der Waals surface area contributed by atoms with Gasteiger partial charge in [0.2, 0.25) is 0 Å². The fraction of sp³-hybridized carbons (Fsp3) is 0.717. The van der Waals surface area contributed by atoms with Gasteiger partial charge in [0.25, 0.3) is 0 Å². The first kappa shape index (κ1) is 49.1. The maximum atomic E-state index is 12.6. The third kappa shape index (κ3) is 38.3. The molecule has 52 heavy (non-hydrogen) atoms. The molecule has 0 amide bonds. The van der Waals surface area contributed by atoms with Gasteiger partial charge in [0.05, 0.1) is 0 Å². The SMILES string of the molecule is CC/C=C\C/C=C\C/C=C\CCCCCCC(=O)OCC(COC(=O)CCCCCCCCCCC)OC(=O)CCCCC/C=C\C=C/CCCC. The van der Waals surface area contributed by atoms with E-state index in [-0.39, 0.29) is 31.1 Å². The van der Waals surface area contributed by atoms with Crippen molar-refractivity contribution in [2.45, 2.75) is 200 Å². The van der Waals surface area contributed by atoms with Gasteiger partial charge in [0, 0.05) is 19.3 Å². The Kier molecular flexibility index (Phi) is 38.6. The fourth-order valence-electron chi connectivity index (χ4n) is 5.55. The zero-order valence-electron chi connectivity index (χ0n) is 33.8. The lowest BCUT2D eigenvalue weighted by atomic mass is 10.1. The van der Waals surface area contributed by atoms with Gasteiger partial charge in [-0.3, -0.25) is 14.4 Å². The minimum Gasteiger partial charge on any atom is -0.462 e. The summed E-state index contributed by atoms with van der Waals surface area (Å²) in [6, 6.07) is 0. The molecule has 6 heteroatoms. The molecule has 0 aromatic rings. The molecule has 298 valence electrons. The number of esters is 3. The van der Waals surface area contributed by atoms with E-state index in [1.165, 1.54) is 51.4 Å². The van der Waals surface area contributed by atoms with Crippen LogP contribution in [0.2, 0.25) is 0 Å². The molecule has 0 aliphatic rings. The van der Waals surface area contributed by atoms with Crippen molar-refractivity contribution in [1.82, 2.24) is 0 Å². The topological polar surface area (TPSA) is 78.9 Å².